The minimum atomic E-state index is 0.0411. The summed E-state index contributed by atoms with van der Waals surface area (Å²) in [7, 11) is 3.95. The Morgan fingerprint density at radius 1 is 1.44 bits per heavy atom. The van der Waals surface area contributed by atoms with Gasteiger partial charge in [-0.15, -0.1) is 0 Å². The molecule has 1 rings (SSSR count). The molecule has 1 aromatic heterocycles. The van der Waals surface area contributed by atoms with Gasteiger partial charge < -0.3 is 4.90 Å². The molecule has 16 heavy (non-hydrogen) atoms. The van der Waals surface area contributed by atoms with Gasteiger partial charge in [0.2, 0.25) is 0 Å². The lowest BCUT2D eigenvalue weighted by atomic mass is 9.82. The maximum absolute atomic E-state index is 8.93. The van der Waals surface area contributed by atoms with Gasteiger partial charge in [0, 0.05) is 25.9 Å². The van der Waals surface area contributed by atoms with Crippen molar-refractivity contribution in [1.82, 2.24) is 4.98 Å². The van der Waals surface area contributed by atoms with Crippen molar-refractivity contribution in [3.05, 3.63) is 23.4 Å². The molecule has 0 aliphatic carbocycles. The van der Waals surface area contributed by atoms with Gasteiger partial charge in [0.25, 0.3) is 0 Å². The Kier molecular flexibility index (Phi) is 3.54. The first kappa shape index (κ1) is 12.5. The van der Waals surface area contributed by atoms with Crippen LogP contribution in [0.2, 0.25) is 0 Å². The first-order chi connectivity index (χ1) is 7.42. The van der Waals surface area contributed by atoms with Gasteiger partial charge in [-0.25, -0.2) is 4.98 Å². The van der Waals surface area contributed by atoms with Gasteiger partial charge in [0.15, 0.2) is 0 Å². The largest absolute Gasteiger partial charge is 0.363 e. The Hall–Kier alpha value is -1.56. The molecule has 86 valence electrons. The molecule has 0 atom stereocenters. The molecule has 0 bridgehead atoms. The molecule has 0 N–H and O–H groups in total. The molecular formula is C13H19N3. The molecule has 0 aliphatic heterocycles. The number of hydrogen-bond acceptors (Lipinski definition) is 3. The second kappa shape index (κ2) is 4.52. The number of aromatic nitrogens is 1. The van der Waals surface area contributed by atoms with Crippen molar-refractivity contribution in [1.29, 1.82) is 5.26 Å². The molecule has 1 heterocycles. The van der Waals surface area contributed by atoms with Gasteiger partial charge >= 0.3 is 0 Å². The smallest absolute Gasteiger partial charge is 0.131 e. The van der Waals surface area contributed by atoms with Crippen LogP contribution in [0.3, 0.4) is 0 Å². The number of rotatable bonds is 3. The third-order valence-electron chi connectivity index (χ3n) is 3.03. The summed E-state index contributed by atoms with van der Waals surface area (Å²) in [5.74, 6) is 0.950. The van der Waals surface area contributed by atoms with Crippen LogP contribution >= 0.6 is 0 Å². The van der Waals surface area contributed by atoms with E-state index < -0.39 is 0 Å². The SMILES string of the molecule is CCC(C)(C)c1cc(C#N)cnc1N(C)C. The summed E-state index contributed by atoms with van der Waals surface area (Å²) in [6.07, 6.45) is 2.65. The average molecular weight is 217 g/mol. The third-order valence-corrected chi connectivity index (χ3v) is 3.03. The Balaban J connectivity index is 3.38. The highest BCUT2D eigenvalue weighted by atomic mass is 15.1. The third kappa shape index (κ3) is 2.33. The highest BCUT2D eigenvalue weighted by molar-refractivity contribution is 5.52. The normalized spacial score (nSPS) is 11.0. The van der Waals surface area contributed by atoms with E-state index in [1.165, 1.54) is 0 Å². The van der Waals surface area contributed by atoms with Crippen LogP contribution in [0.25, 0.3) is 0 Å². The zero-order valence-corrected chi connectivity index (χ0v) is 10.7. The highest BCUT2D eigenvalue weighted by Crippen LogP contribution is 2.33. The molecule has 3 heteroatoms. The molecular weight excluding hydrogens is 198 g/mol. The number of pyridine rings is 1. The second-order valence-corrected chi connectivity index (χ2v) is 4.84. The minimum Gasteiger partial charge on any atom is -0.363 e. The van der Waals surface area contributed by atoms with Crippen LogP contribution in [0.15, 0.2) is 12.3 Å². The zero-order chi connectivity index (χ0) is 12.3. The van der Waals surface area contributed by atoms with E-state index in [9.17, 15) is 0 Å². The molecule has 1 aromatic rings. The molecule has 0 amide bonds. The van der Waals surface area contributed by atoms with Crippen molar-refractivity contribution in [2.45, 2.75) is 32.6 Å². The standard InChI is InChI=1S/C13H19N3/c1-6-13(2,3)11-7-10(8-14)9-15-12(11)16(4)5/h7,9H,6H2,1-5H3. The van der Waals surface area contributed by atoms with Crippen LogP contribution in [0.4, 0.5) is 5.82 Å². The molecule has 0 spiro atoms. The predicted octanol–water partition coefficient (Wildman–Crippen LogP) is 2.71. The Labute approximate surface area is 97.7 Å². The molecule has 0 unspecified atom stereocenters. The van der Waals surface area contributed by atoms with Crippen LogP contribution in [-0.2, 0) is 5.41 Å². The number of nitriles is 1. The van der Waals surface area contributed by atoms with Gasteiger partial charge in [-0.1, -0.05) is 20.8 Å². The molecule has 0 fully saturated rings. The van der Waals surface area contributed by atoms with Gasteiger partial charge in [0.1, 0.15) is 11.9 Å². The van der Waals surface area contributed by atoms with Crippen LogP contribution in [0, 0.1) is 11.3 Å². The van der Waals surface area contributed by atoms with Gasteiger partial charge in [-0.2, -0.15) is 5.26 Å². The summed E-state index contributed by atoms with van der Waals surface area (Å²) in [6.45, 7) is 6.51. The molecule has 0 saturated carbocycles. The average Bonchev–Trinajstić information content (AvgIpc) is 2.28. The summed E-state index contributed by atoms with van der Waals surface area (Å²) in [5.41, 5.74) is 1.81. The van der Waals surface area contributed by atoms with Crippen LogP contribution in [-0.4, -0.2) is 19.1 Å². The second-order valence-electron chi connectivity index (χ2n) is 4.84. The van der Waals surface area contributed by atoms with E-state index in [-0.39, 0.29) is 5.41 Å². The van der Waals surface area contributed by atoms with Crippen molar-refractivity contribution < 1.29 is 0 Å². The Morgan fingerprint density at radius 3 is 2.50 bits per heavy atom. The summed E-state index contributed by atoms with van der Waals surface area (Å²) in [6, 6.07) is 4.10. The summed E-state index contributed by atoms with van der Waals surface area (Å²) in [4.78, 5) is 6.36. The van der Waals surface area contributed by atoms with E-state index in [4.69, 9.17) is 5.26 Å². The lowest BCUT2D eigenvalue weighted by molar-refractivity contribution is 0.504. The van der Waals surface area contributed by atoms with E-state index in [1.807, 2.05) is 25.1 Å². The van der Waals surface area contributed by atoms with Crippen LogP contribution in [0.1, 0.15) is 38.3 Å². The van der Waals surface area contributed by atoms with E-state index in [0.29, 0.717) is 5.56 Å². The lowest BCUT2D eigenvalue weighted by Gasteiger charge is -2.28. The first-order valence-corrected chi connectivity index (χ1v) is 5.50. The molecule has 0 radical (unpaired) electrons. The fourth-order valence-electron chi connectivity index (χ4n) is 1.56. The van der Waals surface area contributed by atoms with Crippen LogP contribution in [0.5, 0.6) is 0 Å². The van der Waals surface area contributed by atoms with E-state index >= 15 is 0 Å². The van der Waals surface area contributed by atoms with Gasteiger partial charge in [0.05, 0.1) is 5.56 Å². The fraction of sp³-hybridized carbons (Fsp3) is 0.538. The van der Waals surface area contributed by atoms with Crippen molar-refractivity contribution in [3.8, 4) is 6.07 Å². The van der Waals surface area contributed by atoms with Crippen LogP contribution < -0.4 is 4.90 Å². The maximum atomic E-state index is 8.93. The predicted molar refractivity (Wildman–Crippen MR) is 66.6 cm³/mol. The van der Waals surface area contributed by atoms with Crippen molar-refractivity contribution in [3.63, 3.8) is 0 Å². The highest BCUT2D eigenvalue weighted by Gasteiger charge is 2.23. The quantitative estimate of drug-likeness (QED) is 0.781. The molecule has 0 saturated heterocycles. The van der Waals surface area contributed by atoms with Gasteiger partial charge in [-0.05, 0) is 17.9 Å². The van der Waals surface area contributed by atoms with Gasteiger partial charge in [-0.3, -0.25) is 0 Å². The van der Waals surface area contributed by atoms with E-state index in [0.717, 1.165) is 17.8 Å². The summed E-state index contributed by atoms with van der Waals surface area (Å²) < 4.78 is 0. The zero-order valence-electron chi connectivity index (χ0n) is 10.7. The maximum Gasteiger partial charge on any atom is 0.131 e. The lowest BCUT2D eigenvalue weighted by Crippen LogP contribution is -2.22. The van der Waals surface area contributed by atoms with E-state index in [1.54, 1.807) is 6.20 Å². The van der Waals surface area contributed by atoms with Crippen molar-refractivity contribution >= 4 is 5.82 Å². The minimum absolute atomic E-state index is 0.0411. The number of anilines is 1. The van der Waals surface area contributed by atoms with Crippen molar-refractivity contribution in [2.24, 2.45) is 0 Å². The topological polar surface area (TPSA) is 39.9 Å². The monoisotopic (exact) mass is 217 g/mol. The molecule has 3 nitrogen and oxygen atoms in total. The molecule has 0 aliphatic rings. The van der Waals surface area contributed by atoms with E-state index in [2.05, 4.69) is 31.8 Å². The Morgan fingerprint density at radius 2 is 2.06 bits per heavy atom. The number of hydrogen-bond donors (Lipinski definition) is 0. The Bertz CT molecular complexity index is 414. The summed E-state index contributed by atoms with van der Waals surface area (Å²) in [5, 5.41) is 8.93. The number of nitrogens with zero attached hydrogens (tertiary/aromatic N) is 3. The first-order valence-electron chi connectivity index (χ1n) is 5.50. The van der Waals surface area contributed by atoms with Crippen molar-refractivity contribution in [2.75, 3.05) is 19.0 Å². The molecule has 0 aromatic carbocycles. The fourth-order valence-corrected chi connectivity index (χ4v) is 1.56. The summed E-state index contributed by atoms with van der Waals surface area (Å²) >= 11 is 0.